The van der Waals surface area contributed by atoms with E-state index in [1.165, 1.54) is 24.3 Å². The van der Waals surface area contributed by atoms with E-state index >= 15 is 0 Å². The molecule has 0 aliphatic rings. The maximum absolute atomic E-state index is 12.1. The van der Waals surface area contributed by atoms with E-state index in [2.05, 4.69) is 5.32 Å². The Balaban J connectivity index is 2.16. The minimum absolute atomic E-state index is 0.0881. The number of amides is 1. The molecule has 0 unspecified atom stereocenters. The zero-order valence-corrected chi connectivity index (χ0v) is 12.6. The van der Waals surface area contributed by atoms with E-state index in [1.807, 2.05) is 0 Å². The first kappa shape index (κ1) is 16.1. The summed E-state index contributed by atoms with van der Waals surface area (Å²) in [5.41, 5.74) is 0.225. The Labute approximate surface area is 135 Å². The van der Waals surface area contributed by atoms with E-state index in [-0.39, 0.29) is 39.2 Å². The van der Waals surface area contributed by atoms with Crippen LogP contribution in [0.3, 0.4) is 0 Å². The largest absolute Gasteiger partial charge is 0.508 e. The van der Waals surface area contributed by atoms with E-state index in [4.69, 9.17) is 23.2 Å². The molecule has 2 N–H and O–H groups in total. The van der Waals surface area contributed by atoms with Crippen molar-refractivity contribution < 1.29 is 14.8 Å². The van der Waals surface area contributed by atoms with Crippen LogP contribution in [0.1, 0.15) is 15.9 Å². The summed E-state index contributed by atoms with van der Waals surface area (Å²) in [5, 5.41) is 23.3. The number of hydrogen-bond acceptors (Lipinski definition) is 4. The summed E-state index contributed by atoms with van der Waals surface area (Å²) < 4.78 is 0. The van der Waals surface area contributed by atoms with Gasteiger partial charge in [-0.3, -0.25) is 14.9 Å². The number of non-ortho nitro benzene ring substituents is 1. The second-order valence-electron chi connectivity index (χ2n) is 4.35. The molecule has 22 heavy (non-hydrogen) atoms. The predicted octanol–water partition coefficient (Wildman–Crippen LogP) is 3.54. The van der Waals surface area contributed by atoms with E-state index in [9.17, 15) is 20.0 Å². The summed E-state index contributed by atoms with van der Waals surface area (Å²) in [7, 11) is 0. The van der Waals surface area contributed by atoms with E-state index in [0.29, 0.717) is 0 Å². The molecule has 2 aromatic rings. The monoisotopic (exact) mass is 340 g/mol. The summed E-state index contributed by atoms with van der Waals surface area (Å²) >= 11 is 11.8. The standard InChI is InChI=1S/C14H10Cl2N2O4/c15-11-3-1-2-10(13(11)16)14(20)17-7-8-6-9(18(21)22)4-5-12(8)19/h1-6,19H,7H2,(H,17,20). The highest BCUT2D eigenvalue weighted by Crippen LogP contribution is 2.26. The van der Waals surface area contributed by atoms with Crippen LogP contribution < -0.4 is 5.32 Å². The fourth-order valence-electron chi connectivity index (χ4n) is 1.78. The van der Waals surface area contributed by atoms with Crippen LogP contribution in [0.5, 0.6) is 5.75 Å². The first-order chi connectivity index (χ1) is 10.4. The van der Waals surface area contributed by atoms with Gasteiger partial charge in [-0.2, -0.15) is 0 Å². The Morgan fingerprint density at radius 3 is 2.68 bits per heavy atom. The molecule has 114 valence electrons. The molecule has 1 amide bonds. The lowest BCUT2D eigenvalue weighted by molar-refractivity contribution is -0.384. The number of carbonyl (C=O) groups excluding carboxylic acids is 1. The van der Waals surface area contributed by atoms with Crippen LogP contribution in [0.15, 0.2) is 36.4 Å². The second-order valence-corrected chi connectivity index (χ2v) is 5.14. The average Bonchev–Trinajstić information content (AvgIpc) is 2.48. The van der Waals surface area contributed by atoms with Gasteiger partial charge in [0, 0.05) is 24.2 Å². The zero-order chi connectivity index (χ0) is 16.3. The van der Waals surface area contributed by atoms with Crippen LogP contribution in [0.25, 0.3) is 0 Å². The molecular formula is C14H10Cl2N2O4. The smallest absolute Gasteiger partial charge is 0.270 e. The van der Waals surface area contributed by atoms with Crippen molar-refractivity contribution in [2.24, 2.45) is 0 Å². The van der Waals surface area contributed by atoms with Gasteiger partial charge in [0.1, 0.15) is 5.75 Å². The van der Waals surface area contributed by atoms with Crippen molar-refractivity contribution >= 4 is 34.8 Å². The molecule has 0 spiro atoms. The van der Waals surface area contributed by atoms with E-state index in [1.54, 1.807) is 12.1 Å². The van der Waals surface area contributed by atoms with Gasteiger partial charge in [-0.1, -0.05) is 29.3 Å². The molecule has 0 heterocycles. The summed E-state index contributed by atoms with van der Waals surface area (Å²) in [6.07, 6.45) is 0. The fourth-order valence-corrected chi connectivity index (χ4v) is 2.16. The number of hydrogen-bond donors (Lipinski definition) is 2. The molecule has 0 aromatic heterocycles. The molecule has 0 atom stereocenters. The number of nitro benzene ring substituents is 1. The molecule has 0 saturated carbocycles. The molecule has 6 nitrogen and oxygen atoms in total. The number of phenolic OH excluding ortho intramolecular Hbond substituents is 1. The number of benzene rings is 2. The van der Waals surface area contributed by atoms with Crippen LogP contribution >= 0.6 is 23.2 Å². The number of nitro groups is 1. The van der Waals surface area contributed by atoms with Gasteiger partial charge in [0.2, 0.25) is 0 Å². The molecule has 0 aliphatic carbocycles. The quantitative estimate of drug-likeness (QED) is 0.657. The van der Waals surface area contributed by atoms with E-state index < -0.39 is 10.8 Å². The second kappa shape index (κ2) is 6.64. The number of aromatic hydroxyl groups is 1. The van der Waals surface area contributed by atoms with Crippen LogP contribution in [-0.4, -0.2) is 15.9 Å². The first-order valence-electron chi connectivity index (χ1n) is 6.08. The minimum atomic E-state index is -0.585. The molecule has 0 fully saturated rings. The molecule has 0 aliphatic heterocycles. The lowest BCUT2D eigenvalue weighted by Crippen LogP contribution is -2.23. The summed E-state index contributed by atoms with van der Waals surface area (Å²) in [4.78, 5) is 22.2. The van der Waals surface area contributed by atoms with Crippen molar-refractivity contribution in [3.63, 3.8) is 0 Å². The highest BCUT2D eigenvalue weighted by Gasteiger charge is 2.14. The maximum atomic E-state index is 12.1. The third kappa shape index (κ3) is 3.47. The van der Waals surface area contributed by atoms with Crippen molar-refractivity contribution in [2.45, 2.75) is 6.54 Å². The highest BCUT2D eigenvalue weighted by molar-refractivity contribution is 6.43. The normalized spacial score (nSPS) is 10.3. The van der Waals surface area contributed by atoms with Gasteiger partial charge in [-0.05, 0) is 18.2 Å². The lowest BCUT2D eigenvalue weighted by Gasteiger charge is -2.09. The fraction of sp³-hybridized carbons (Fsp3) is 0.0714. The minimum Gasteiger partial charge on any atom is -0.508 e. The summed E-state index contributed by atoms with van der Waals surface area (Å²) in [6.45, 7) is -0.0881. The Bertz CT molecular complexity index is 750. The van der Waals surface area contributed by atoms with Gasteiger partial charge in [0.25, 0.3) is 11.6 Å². The van der Waals surface area contributed by atoms with Crippen LogP contribution in [0.4, 0.5) is 5.69 Å². The highest BCUT2D eigenvalue weighted by atomic mass is 35.5. The van der Waals surface area contributed by atoms with Gasteiger partial charge in [0.05, 0.1) is 20.5 Å². The molecule has 0 bridgehead atoms. The van der Waals surface area contributed by atoms with Crippen LogP contribution in [0, 0.1) is 10.1 Å². The van der Waals surface area contributed by atoms with Crippen molar-refractivity contribution in [1.82, 2.24) is 5.32 Å². The molecule has 2 aromatic carbocycles. The number of carbonyl (C=O) groups is 1. The summed E-state index contributed by atoms with van der Waals surface area (Å²) in [5.74, 6) is -0.651. The van der Waals surface area contributed by atoms with Gasteiger partial charge in [-0.25, -0.2) is 0 Å². The topological polar surface area (TPSA) is 92.5 Å². The Kier molecular flexibility index (Phi) is 4.85. The SMILES string of the molecule is O=C(NCc1cc([N+](=O)[O-])ccc1O)c1cccc(Cl)c1Cl. The number of nitrogens with one attached hydrogen (secondary N) is 1. The first-order valence-corrected chi connectivity index (χ1v) is 6.84. The van der Waals surface area contributed by atoms with Gasteiger partial charge in [0.15, 0.2) is 0 Å². The Morgan fingerprint density at radius 1 is 1.27 bits per heavy atom. The van der Waals surface area contributed by atoms with E-state index in [0.717, 1.165) is 0 Å². The number of rotatable bonds is 4. The average molecular weight is 341 g/mol. The van der Waals surface area contributed by atoms with Crippen molar-refractivity contribution in [2.75, 3.05) is 0 Å². The van der Waals surface area contributed by atoms with Gasteiger partial charge in [-0.15, -0.1) is 0 Å². The Hall–Kier alpha value is -2.31. The van der Waals surface area contributed by atoms with Gasteiger partial charge >= 0.3 is 0 Å². The summed E-state index contributed by atoms with van der Waals surface area (Å²) in [6, 6.07) is 8.19. The third-order valence-corrected chi connectivity index (χ3v) is 3.73. The molecule has 0 saturated heterocycles. The van der Waals surface area contributed by atoms with Crippen LogP contribution in [-0.2, 0) is 6.54 Å². The number of phenols is 1. The number of nitrogens with zero attached hydrogens (tertiary/aromatic N) is 1. The molecular weight excluding hydrogens is 331 g/mol. The van der Waals surface area contributed by atoms with Crippen molar-refractivity contribution in [1.29, 1.82) is 0 Å². The maximum Gasteiger partial charge on any atom is 0.270 e. The third-order valence-electron chi connectivity index (χ3n) is 2.91. The predicted molar refractivity (Wildman–Crippen MR) is 82.4 cm³/mol. The van der Waals surface area contributed by atoms with Crippen molar-refractivity contribution in [3.8, 4) is 5.75 Å². The lowest BCUT2D eigenvalue weighted by atomic mass is 10.1. The van der Waals surface area contributed by atoms with Gasteiger partial charge < -0.3 is 10.4 Å². The van der Waals surface area contributed by atoms with Crippen molar-refractivity contribution in [3.05, 3.63) is 67.7 Å². The number of halogens is 2. The molecule has 0 radical (unpaired) electrons. The molecule has 8 heteroatoms. The Morgan fingerprint density at radius 2 is 2.00 bits per heavy atom. The zero-order valence-electron chi connectivity index (χ0n) is 11.0. The van der Waals surface area contributed by atoms with Crippen LogP contribution in [0.2, 0.25) is 10.0 Å². The molecule has 2 rings (SSSR count).